The largest absolute Gasteiger partial charge is 0.375 e. The Morgan fingerprint density at radius 3 is 2.64 bits per heavy atom. The normalized spacial score (nSPS) is 10.9. The Hall–Kier alpha value is -0.570. The van der Waals surface area contributed by atoms with Gasteiger partial charge in [0, 0.05) is 4.88 Å². The number of rotatable bonds is 2. The molecule has 61 valence electrons. The molecular weight excluding hydrogens is 156 g/mol. The smallest absolute Gasteiger partial charge is 0.180 e. The van der Waals surface area contributed by atoms with E-state index < -0.39 is 0 Å². The van der Waals surface area contributed by atoms with Crippen LogP contribution < -0.4 is 5.73 Å². The second-order valence-electron chi connectivity index (χ2n) is 2.77. The minimum Gasteiger partial charge on any atom is -0.375 e. The molecule has 0 fully saturated rings. The van der Waals surface area contributed by atoms with Gasteiger partial charge in [0.05, 0.1) is 5.69 Å². The average molecular weight is 169 g/mol. The Bertz CT molecular complexity index is 240. The highest BCUT2D eigenvalue weighted by atomic mass is 32.1. The van der Waals surface area contributed by atoms with Crippen molar-refractivity contribution < 1.29 is 0 Å². The molecule has 0 aliphatic carbocycles. The van der Waals surface area contributed by atoms with E-state index in [2.05, 4.69) is 25.8 Å². The molecule has 0 aromatic carbocycles. The fourth-order valence-corrected chi connectivity index (χ4v) is 1.90. The third-order valence-electron chi connectivity index (χ3n) is 1.52. The van der Waals surface area contributed by atoms with Crippen LogP contribution >= 0.6 is 11.3 Å². The molecule has 0 spiro atoms. The molecule has 1 aromatic heterocycles. The van der Waals surface area contributed by atoms with Crippen molar-refractivity contribution in [3.05, 3.63) is 17.5 Å². The Morgan fingerprint density at radius 2 is 2.27 bits per heavy atom. The van der Waals surface area contributed by atoms with Crippen LogP contribution in [0.5, 0.6) is 0 Å². The minimum atomic E-state index is 0.459. The summed E-state index contributed by atoms with van der Waals surface area (Å²) in [6, 6.07) is 0. The zero-order chi connectivity index (χ0) is 8.43. The van der Waals surface area contributed by atoms with Gasteiger partial charge in [-0.25, -0.2) is 4.98 Å². The van der Waals surface area contributed by atoms with Crippen molar-refractivity contribution in [2.24, 2.45) is 0 Å². The van der Waals surface area contributed by atoms with Crippen molar-refractivity contribution in [3.8, 4) is 0 Å². The lowest BCUT2D eigenvalue weighted by Crippen LogP contribution is -1.92. The van der Waals surface area contributed by atoms with Crippen molar-refractivity contribution in [2.75, 3.05) is 5.73 Å². The molecule has 0 bridgehead atoms. The number of anilines is 1. The molecule has 11 heavy (non-hydrogen) atoms. The first-order valence-corrected chi connectivity index (χ1v) is 4.51. The van der Waals surface area contributed by atoms with Crippen molar-refractivity contribution in [1.29, 1.82) is 0 Å². The molecule has 3 heteroatoms. The number of nitrogen functional groups attached to an aromatic ring is 1. The summed E-state index contributed by atoms with van der Waals surface area (Å²) in [5.74, 6) is 0.459. The van der Waals surface area contributed by atoms with Gasteiger partial charge in [-0.2, -0.15) is 0 Å². The molecule has 2 N–H and O–H groups in total. The standard InChI is InChI=1S/C8H13N2S/c1-4-6-7(5(2)3)10-8(9)11-6/h5H,1,4H2,2-3H3,(H2,9,10). The van der Waals surface area contributed by atoms with E-state index in [0.717, 1.165) is 12.1 Å². The summed E-state index contributed by atoms with van der Waals surface area (Å²) in [6.45, 7) is 8.06. The SMILES string of the molecule is [CH2]Cc1sc(N)nc1C(C)C. The van der Waals surface area contributed by atoms with E-state index in [-0.39, 0.29) is 0 Å². The molecule has 1 heterocycles. The lowest BCUT2D eigenvalue weighted by Gasteiger charge is -2.01. The van der Waals surface area contributed by atoms with E-state index in [0.29, 0.717) is 11.0 Å². The molecule has 0 amide bonds. The molecule has 0 unspecified atom stereocenters. The number of aromatic nitrogens is 1. The number of nitrogens with zero attached hydrogens (tertiary/aromatic N) is 1. The topological polar surface area (TPSA) is 38.9 Å². The molecular formula is C8H13N2S. The lowest BCUT2D eigenvalue weighted by atomic mass is 10.1. The van der Waals surface area contributed by atoms with Gasteiger partial charge in [0.1, 0.15) is 0 Å². The van der Waals surface area contributed by atoms with Gasteiger partial charge in [0.15, 0.2) is 5.13 Å². The average Bonchev–Trinajstić information content (AvgIpc) is 2.30. The van der Waals surface area contributed by atoms with E-state index in [4.69, 9.17) is 5.73 Å². The van der Waals surface area contributed by atoms with Crippen LogP contribution in [-0.2, 0) is 6.42 Å². The number of thiazole rings is 1. The molecule has 2 nitrogen and oxygen atoms in total. The lowest BCUT2D eigenvalue weighted by molar-refractivity contribution is 0.821. The molecule has 1 aromatic rings. The van der Waals surface area contributed by atoms with Crippen LogP contribution in [0.25, 0.3) is 0 Å². The summed E-state index contributed by atoms with van der Waals surface area (Å²) >= 11 is 1.55. The van der Waals surface area contributed by atoms with Gasteiger partial charge in [0.2, 0.25) is 0 Å². The van der Waals surface area contributed by atoms with Crippen LogP contribution in [0.15, 0.2) is 0 Å². The van der Waals surface area contributed by atoms with Crippen LogP contribution in [0, 0.1) is 6.92 Å². The quantitative estimate of drug-likeness (QED) is 0.737. The maximum absolute atomic E-state index is 5.57. The Morgan fingerprint density at radius 1 is 1.64 bits per heavy atom. The van der Waals surface area contributed by atoms with Crippen molar-refractivity contribution >= 4 is 16.5 Å². The van der Waals surface area contributed by atoms with Gasteiger partial charge >= 0.3 is 0 Å². The van der Waals surface area contributed by atoms with Crippen molar-refractivity contribution in [1.82, 2.24) is 4.98 Å². The second-order valence-corrected chi connectivity index (χ2v) is 3.88. The highest BCUT2D eigenvalue weighted by Crippen LogP contribution is 2.26. The van der Waals surface area contributed by atoms with E-state index in [1.807, 2.05) is 0 Å². The minimum absolute atomic E-state index is 0.459. The van der Waals surface area contributed by atoms with Gasteiger partial charge in [-0.3, -0.25) is 0 Å². The highest BCUT2D eigenvalue weighted by Gasteiger charge is 2.10. The first kappa shape index (κ1) is 8.53. The van der Waals surface area contributed by atoms with Crippen LogP contribution in [0.3, 0.4) is 0 Å². The summed E-state index contributed by atoms with van der Waals surface area (Å²) < 4.78 is 0. The summed E-state index contributed by atoms with van der Waals surface area (Å²) in [7, 11) is 0. The molecule has 0 aliphatic rings. The van der Waals surface area contributed by atoms with Crippen molar-refractivity contribution in [2.45, 2.75) is 26.2 Å². The van der Waals surface area contributed by atoms with E-state index >= 15 is 0 Å². The van der Waals surface area contributed by atoms with E-state index in [1.165, 1.54) is 4.88 Å². The summed E-state index contributed by atoms with van der Waals surface area (Å²) in [5.41, 5.74) is 6.69. The fraction of sp³-hybridized carbons (Fsp3) is 0.500. The molecule has 1 radical (unpaired) electrons. The Balaban J connectivity index is 3.02. The summed E-state index contributed by atoms with van der Waals surface area (Å²) in [5, 5.41) is 0.660. The van der Waals surface area contributed by atoms with Crippen LogP contribution in [0.1, 0.15) is 30.3 Å². The first-order chi connectivity index (χ1) is 5.15. The molecule has 0 saturated heterocycles. The zero-order valence-corrected chi connectivity index (χ0v) is 7.74. The maximum atomic E-state index is 5.57. The molecule has 1 rings (SSSR count). The van der Waals surface area contributed by atoms with E-state index in [9.17, 15) is 0 Å². The molecule has 0 atom stereocenters. The Kier molecular flexibility index (Phi) is 2.49. The predicted molar refractivity (Wildman–Crippen MR) is 49.7 cm³/mol. The van der Waals surface area contributed by atoms with Gasteiger partial charge in [0.25, 0.3) is 0 Å². The maximum Gasteiger partial charge on any atom is 0.180 e. The summed E-state index contributed by atoms with van der Waals surface area (Å²) in [4.78, 5) is 5.46. The second kappa shape index (κ2) is 3.22. The van der Waals surface area contributed by atoms with Gasteiger partial charge < -0.3 is 5.73 Å². The van der Waals surface area contributed by atoms with Crippen molar-refractivity contribution in [3.63, 3.8) is 0 Å². The molecule has 0 saturated carbocycles. The van der Waals surface area contributed by atoms with Gasteiger partial charge in [-0.05, 0) is 19.3 Å². The summed E-state index contributed by atoms with van der Waals surface area (Å²) in [6.07, 6.45) is 0.794. The highest BCUT2D eigenvalue weighted by molar-refractivity contribution is 7.15. The zero-order valence-electron chi connectivity index (χ0n) is 6.92. The third-order valence-corrected chi connectivity index (χ3v) is 2.48. The number of hydrogen-bond acceptors (Lipinski definition) is 3. The van der Waals surface area contributed by atoms with Gasteiger partial charge in [-0.1, -0.05) is 13.8 Å². The number of hydrogen-bond donors (Lipinski definition) is 1. The van der Waals surface area contributed by atoms with Crippen LogP contribution in [0.2, 0.25) is 0 Å². The van der Waals surface area contributed by atoms with E-state index in [1.54, 1.807) is 11.3 Å². The monoisotopic (exact) mass is 169 g/mol. The first-order valence-electron chi connectivity index (χ1n) is 3.69. The van der Waals surface area contributed by atoms with Crippen LogP contribution in [-0.4, -0.2) is 4.98 Å². The third kappa shape index (κ3) is 1.71. The van der Waals surface area contributed by atoms with Crippen LogP contribution in [0.4, 0.5) is 5.13 Å². The molecule has 0 aliphatic heterocycles. The van der Waals surface area contributed by atoms with Gasteiger partial charge in [-0.15, -0.1) is 11.3 Å². The Labute approximate surface area is 71.5 Å². The number of nitrogens with two attached hydrogens (primary N) is 1. The predicted octanol–water partition coefficient (Wildman–Crippen LogP) is 2.23. The fourth-order valence-electron chi connectivity index (χ4n) is 1.01.